The quantitative estimate of drug-likeness (QED) is 0.792. The highest BCUT2D eigenvalue weighted by Gasteiger charge is 2.23. The Morgan fingerprint density at radius 1 is 0.762 bits per heavy atom. The Labute approximate surface area is 126 Å². The second-order valence-electron chi connectivity index (χ2n) is 6.02. The maximum atomic E-state index is 6.38. The topological polar surface area (TPSA) is 64.8 Å². The van der Waals surface area contributed by atoms with Gasteiger partial charge in [0.05, 0.1) is 0 Å². The zero-order valence-corrected chi connectivity index (χ0v) is 13.0. The fourth-order valence-electron chi connectivity index (χ4n) is 2.92. The molecular formula is C14H25N7. The molecule has 0 radical (unpaired) electrons. The summed E-state index contributed by atoms with van der Waals surface area (Å²) in [4.78, 5) is 18.1. The van der Waals surface area contributed by atoms with Crippen LogP contribution in [0.2, 0.25) is 0 Å². The van der Waals surface area contributed by atoms with Gasteiger partial charge in [0.25, 0.3) is 0 Å². The SMILES string of the molecule is CN1CCN(c2ncnc(N3CCN(C)CC3)c2N)CC1. The zero-order valence-electron chi connectivity index (χ0n) is 13.0. The van der Waals surface area contributed by atoms with E-state index >= 15 is 0 Å². The van der Waals surface area contributed by atoms with Crippen LogP contribution < -0.4 is 15.5 Å². The summed E-state index contributed by atoms with van der Waals surface area (Å²) in [5, 5.41) is 0. The van der Waals surface area contributed by atoms with Crippen molar-refractivity contribution in [3.63, 3.8) is 0 Å². The van der Waals surface area contributed by atoms with E-state index in [1.54, 1.807) is 6.33 Å². The van der Waals surface area contributed by atoms with Crippen molar-refractivity contribution in [3.8, 4) is 0 Å². The van der Waals surface area contributed by atoms with Gasteiger partial charge in [-0.25, -0.2) is 9.97 Å². The predicted octanol–water partition coefficient (Wildman–Crippen LogP) is -0.438. The van der Waals surface area contributed by atoms with Crippen LogP contribution in [0.1, 0.15) is 0 Å². The van der Waals surface area contributed by atoms with Gasteiger partial charge in [0.1, 0.15) is 12.0 Å². The van der Waals surface area contributed by atoms with Crippen molar-refractivity contribution in [2.24, 2.45) is 0 Å². The van der Waals surface area contributed by atoms with Gasteiger partial charge in [-0.2, -0.15) is 0 Å². The van der Waals surface area contributed by atoms with Crippen LogP contribution in [0.25, 0.3) is 0 Å². The Bertz CT molecular complexity index is 436. The van der Waals surface area contributed by atoms with Crippen molar-refractivity contribution in [1.82, 2.24) is 19.8 Å². The van der Waals surface area contributed by atoms with Crippen molar-refractivity contribution < 1.29 is 0 Å². The molecule has 2 N–H and O–H groups in total. The van der Waals surface area contributed by atoms with Crippen molar-refractivity contribution in [3.05, 3.63) is 6.33 Å². The van der Waals surface area contributed by atoms with Gasteiger partial charge in [0.15, 0.2) is 11.6 Å². The summed E-state index contributed by atoms with van der Waals surface area (Å²) in [5.41, 5.74) is 7.11. The average molecular weight is 291 g/mol. The summed E-state index contributed by atoms with van der Waals surface area (Å²) < 4.78 is 0. The molecule has 2 aliphatic heterocycles. The van der Waals surface area contributed by atoms with E-state index in [2.05, 4.69) is 43.7 Å². The normalized spacial score (nSPS) is 21.8. The largest absolute Gasteiger partial charge is 0.393 e. The maximum absolute atomic E-state index is 6.38. The summed E-state index contributed by atoms with van der Waals surface area (Å²) in [6, 6.07) is 0. The highest BCUT2D eigenvalue weighted by molar-refractivity contribution is 5.76. The van der Waals surface area contributed by atoms with Crippen LogP contribution in [0.3, 0.4) is 0 Å². The van der Waals surface area contributed by atoms with Crippen LogP contribution in [-0.2, 0) is 0 Å². The molecule has 0 amide bonds. The second kappa shape index (κ2) is 6.03. The molecule has 1 aromatic rings. The van der Waals surface area contributed by atoms with Gasteiger partial charge >= 0.3 is 0 Å². The maximum Gasteiger partial charge on any atom is 0.157 e. The minimum atomic E-state index is 0.728. The van der Waals surface area contributed by atoms with Gasteiger partial charge in [-0.15, -0.1) is 0 Å². The van der Waals surface area contributed by atoms with Gasteiger partial charge in [-0.1, -0.05) is 0 Å². The molecule has 0 atom stereocenters. The third-order valence-corrected chi connectivity index (χ3v) is 4.45. The number of nitrogen functional groups attached to an aromatic ring is 1. The number of anilines is 3. The first-order valence-electron chi connectivity index (χ1n) is 7.62. The molecule has 0 bridgehead atoms. The molecule has 0 saturated carbocycles. The summed E-state index contributed by atoms with van der Waals surface area (Å²) in [7, 11) is 4.30. The van der Waals surface area contributed by atoms with E-state index in [9.17, 15) is 0 Å². The lowest BCUT2D eigenvalue weighted by Gasteiger charge is -2.36. The number of hydrogen-bond donors (Lipinski definition) is 1. The molecule has 1 aromatic heterocycles. The van der Waals surface area contributed by atoms with Crippen LogP contribution in [0.4, 0.5) is 17.3 Å². The van der Waals surface area contributed by atoms with E-state index in [1.807, 2.05) is 0 Å². The molecule has 2 fully saturated rings. The van der Waals surface area contributed by atoms with Gasteiger partial charge in [0.2, 0.25) is 0 Å². The number of nitrogens with zero attached hydrogens (tertiary/aromatic N) is 6. The lowest BCUT2D eigenvalue weighted by Crippen LogP contribution is -2.46. The first-order valence-corrected chi connectivity index (χ1v) is 7.62. The number of piperazine rings is 2. The molecule has 0 aromatic carbocycles. The Balaban J connectivity index is 1.78. The lowest BCUT2D eigenvalue weighted by atomic mass is 10.2. The van der Waals surface area contributed by atoms with E-state index in [-0.39, 0.29) is 0 Å². The Morgan fingerprint density at radius 2 is 1.14 bits per heavy atom. The summed E-state index contributed by atoms with van der Waals surface area (Å²) in [6.07, 6.45) is 1.65. The van der Waals surface area contributed by atoms with Crippen LogP contribution in [0, 0.1) is 0 Å². The molecule has 0 spiro atoms. The Morgan fingerprint density at radius 3 is 1.52 bits per heavy atom. The second-order valence-corrected chi connectivity index (χ2v) is 6.02. The zero-order chi connectivity index (χ0) is 14.8. The number of aromatic nitrogens is 2. The molecule has 7 nitrogen and oxygen atoms in total. The van der Waals surface area contributed by atoms with E-state index < -0.39 is 0 Å². The first-order chi connectivity index (χ1) is 10.1. The molecule has 0 unspecified atom stereocenters. The molecular weight excluding hydrogens is 266 g/mol. The minimum absolute atomic E-state index is 0.728. The van der Waals surface area contributed by atoms with Crippen molar-refractivity contribution >= 4 is 17.3 Å². The van der Waals surface area contributed by atoms with Gasteiger partial charge in [0, 0.05) is 52.4 Å². The summed E-state index contributed by atoms with van der Waals surface area (Å²) in [6.45, 7) is 8.08. The number of rotatable bonds is 2. The molecule has 3 heterocycles. The van der Waals surface area contributed by atoms with E-state index in [0.717, 1.165) is 69.7 Å². The van der Waals surface area contributed by atoms with Crippen molar-refractivity contribution in [2.75, 3.05) is 82.0 Å². The smallest absolute Gasteiger partial charge is 0.157 e. The van der Waals surface area contributed by atoms with Gasteiger partial charge < -0.3 is 25.3 Å². The predicted molar refractivity (Wildman–Crippen MR) is 85.9 cm³/mol. The third-order valence-electron chi connectivity index (χ3n) is 4.45. The molecule has 0 aliphatic carbocycles. The van der Waals surface area contributed by atoms with Crippen molar-refractivity contribution in [1.29, 1.82) is 0 Å². The lowest BCUT2D eigenvalue weighted by molar-refractivity contribution is 0.311. The van der Waals surface area contributed by atoms with Gasteiger partial charge in [-0.3, -0.25) is 0 Å². The summed E-state index contributed by atoms with van der Waals surface area (Å²) in [5.74, 6) is 1.79. The Hall–Kier alpha value is -1.60. The Kier molecular flexibility index (Phi) is 4.12. The molecule has 7 heteroatoms. The number of hydrogen-bond acceptors (Lipinski definition) is 7. The standard InChI is InChI=1S/C14H25N7/c1-18-3-7-20(8-4-18)13-12(15)14(17-11-16-13)21-9-5-19(2)6-10-21/h11H,3-10,15H2,1-2H3. The van der Waals surface area contributed by atoms with Crippen molar-refractivity contribution in [2.45, 2.75) is 0 Å². The average Bonchev–Trinajstić information content (AvgIpc) is 2.50. The van der Waals surface area contributed by atoms with Crippen LogP contribution in [-0.4, -0.2) is 86.2 Å². The fourth-order valence-corrected chi connectivity index (χ4v) is 2.92. The monoisotopic (exact) mass is 291 g/mol. The van der Waals surface area contributed by atoms with Crippen LogP contribution >= 0.6 is 0 Å². The molecule has 2 aliphatic rings. The van der Waals surface area contributed by atoms with E-state index in [1.165, 1.54) is 0 Å². The minimum Gasteiger partial charge on any atom is -0.393 e. The van der Waals surface area contributed by atoms with E-state index in [0.29, 0.717) is 0 Å². The highest BCUT2D eigenvalue weighted by Crippen LogP contribution is 2.29. The molecule has 21 heavy (non-hydrogen) atoms. The van der Waals surface area contributed by atoms with Gasteiger partial charge in [-0.05, 0) is 14.1 Å². The molecule has 3 rings (SSSR count). The molecule has 116 valence electrons. The number of likely N-dealkylation sites (N-methyl/N-ethyl adjacent to an activating group) is 2. The van der Waals surface area contributed by atoms with Crippen LogP contribution in [0.15, 0.2) is 6.33 Å². The summed E-state index contributed by atoms with van der Waals surface area (Å²) >= 11 is 0. The number of nitrogens with two attached hydrogens (primary N) is 1. The highest BCUT2D eigenvalue weighted by atomic mass is 15.3. The first kappa shape index (κ1) is 14.3. The third kappa shape index (κ3) is 3.03. The van der Waals surface area contributed by atoms with E-state index in [4.69, 9.17) is 5.73 Å². The molecule has 2 saturated heterocycles. The fraction of sp³-hybridized carbons (Fsp3) is 0.714. The van der Waals surface area contributed by atoms with Crippen LogP contribution in [0.5, 0.6) is 0 Å².